The van der Waals surface area contributed by atoms with E-state index in [1.165, 1.54) is 18.9 Å². The Morgan fingerprint density at radius 3 is 2.58 bits per heavy atom. The highest BCUT2D eigenvalue weighted by Gasteiger charge is 2.33. The number of rotatable bonds is 5. The molecule has 0 saturated heterocycles. The number of nitrogens with zero attached hydrogens (tertiary/aromatic N) is 2. The SMILES string of the molecule is CCC(C1CC1)n1cc(-c2ccc(C(F)(F)F)cc2Cl)nc1SC. The van der Waals surface area contributed by atoms with Crippen molar-refractivity contribution in [3.63, 3.8) is 0 Å². The molecular formula is C17H18ClF3N2S. The summed E-state index contributed by atoms with van der Waals surface area (Å²) in [4.78, 5) is 4.59. The molecule has 1 saturated carbocycles. The first-order valence-electron chi connectivity index (χ1n) is 7.85. The van der Waals surface area contributed by atoms with Gasteiger partial charge in [0.25, 0.3) is 0 Å². The van der Waals surface area contributed by atoms with Gasteiger partial charge in [-0.1, -0.05) is 36.4 Å². The average molecular weight is 375 g/mol. The number of benzene rings is 1. The van der Waals surface area contributed by atoms with Crippen LogP contribution in [0, 0.1) is 5.92 Å². The number of imidazole rings is 1. The van der Waals surface area contributed by atoms with Crippen LogP contribution in [-0.4, -0.2) is 15.8 Å². The van der Waals surface area contributed by atoms with Gasteiger partial charge >= 0.3 is 6.18 Å². The van der Waals surface area contributed by atoms with Gasteiger partial charge in [-0.15, -0.1) is 0 Å². The molecule has 0 aliphatic heterocycles. The van der Waals surface area contributed by atoms with E-state index >= 15 is 0 Å². The molecule has 1 fully saturated rings. The van der Waals surface area contributed by atoms with Gasteiger partial charge in [-0.05, 0) is 43.6 Å². The second-order valence-corrected chi connectivity index (χ2v) is 7.21. The molecule has 0 radical (unpaired) electrons. The largest absolute Gasteiger partial charge is 0.416 e. The summed E-state index contributed by atoms with van der Waals surface area (Å²) < 4.78 is 40.5. The Balaban J connectivity index is 1.99. The fraction of sp³-hybridized carbons (Fsp3) is 0.471. The maximum Gasteiger partial charge on any atom is 0.416 e. The summed E-state index contributed by atoms with van der Waals surface area (Å²) in [6.45, 7) is 2.15. The van der Waals surface area contributed by atoms with Crippen LogP contribution < -0.4 is 0 Å². The molecule has 130 valence electrons. The van der Waals surface area contributed by atoms with E-state index in [4.69, 9.17) is 11.6 Å². The van der Waals surface area contributed by atoms with Crippen molar-refractivity contribution in [2.24, 2.45) is 5.92 Å². The molecule has 0 amide bonds. The second kappa shape index (κ2) is 6.64. The van der Waals surface area contributed by atoms with E-state index in [1.54, 1.807) is 11.8 Å². The Morgan fingerprint density at radius 1 is 1.38 bits per heavy atom. The first-order valence-corrected chi connectivity index (χ1v) is 9.45. The molecule has 0 N–H and O–H groups in total. The van der Waals surface area contributed by atoms with Crippen molar-refractivity contribution >= 4 is 23.4 Å². The number of alkyl halides is 3. The van der Waals surface area contributed by atoms with Crippen molar-refractivity contribution in [3.05, 3.63) is 35.0 Å². The number of aromatic nitrogens is 2. The lowest BCUT2D eigenvalue weighted by Crippen LogP contribution is -2.10. The van der Waals surface area contributed by atoms with Gasteiger partial charge in [-0.2, -0.15) is 13.2 Å². The van der Waals surface area contributed by atoms with Crippen LogP contribution in [0.3, 0.4) is 0 Å². The summed E-state index contributed by atoms with van der Waals surface area (Å²) in [5.74, 6) is 0.672. The molecule has 2 nitrogen and oxygen atoms in total. The lowest BCUT2D eigenvalue weighted by atomic mass is 10.1. The third-order valence-electron chi connectivity index (χ3n) is 4.40. The van der Waals surface area contributed by atoms with E-state index in [1.807, 2.05) is 12.5 Å². The van der Waals surface area contributed by atoms with Crippen molar-refractivity contribution in [2.75, 3.05) is 6.26 Å². The molecule has 1 aliphatic rings. The van der Waals surface area contributed by atoms with Crippen molar-refractivity contribution in [1.82, 2.24) is 9.55 Å². The molecule has 7 heteroatoms. The Morgan fingerprint density at radius 2 is 2.08 bits per heavy atom. The molecule has 3 rings (SSSR count). The van der Waals surface area contributed by atoms with Gasteiger partial charge in [-0.3, -0.25) is 0 Å². The lowest BCUT2D eigenvalue weighted by molar-refractivity contribution is -0.137. The minimum atomic E-state index is -4.40. The summed E-state index contributed by atoms with van der Waals surface area (Å²) in [5.41, 5.74) is 0.409. The molecule has 1 heterocycles. The van der Waals surface area contributed by atoms with Gasteiger partial charge in [0.05, 0.1) is 16.3 Å². The zero-order valence-electron chi connectivity index (χ0n) is 13.4. The number of hydrogen-bond donors (Lipinski definition) is 0. The highest BCUT2D eigenvalue weighted by atomic mass is 35.5. The Hall–Kier alpha value is -1.14. The van der Waals surface area contributed by atoms with Crippen molar-refractivity contribution in [2.45, 2.75) is 43.6 Å². The fourth-order valence-electron chi connectivity index (χ4n) is 3.03. The standard InChI is InChI=1S/C17H18ClF3N2S/c1-3-15(10-4-5-10)23-9-14(22-16(23)24-2)12-7-6-11(8-13(12)18)17(19,20)21/h6-10,15H,3-5H2,1-2H3. The third-order valence-corrected chi connectivity index (χ3v) is 5.37. The second-order valence-electron chi connectivity index (χ2n) is 6.03. The number of thioether (sulfide) groups is 1. The minimum Gasteiger partial charge on any atom is -0.322 e. The van der Waals surface area contributed by atoms with E-state index in [0.29, 0.717) is 23.2 Å². The average Bonchev–Trinajstić information content (AvgIpc) is 3.26. The number of halogens is 4. The van der Waals surface area contributed by atoms with E-state index in [0.717, 1.165) is 23.7 Å². The molecule has 1 aromatic carbocycles. The van der Waals surface area contributed by atoms with Gasteiger partial charge in [-0.25, -0.2) is 4.98 Å². The summed E-state index contributed by atoms with van der Waals surface area (Å²) in [5, 5.41) is 0.946. The highest BCUT2D eigenvalue weighted by Crippen LogP contribution is 2.44. The molecule has 1 aromatic heterocycles. The Bertz CT molecular complexity index is 738. The summed E-state index contributed by atoms with van der Waals surface area (Å²) in [6, 6.07) is 3.81. The van der Waals surface area contributed by atoms with Crippen molar-refractivity contribution in [3.8, 4) is 11.3 Å². The molecule has 0 bridgehead atoms. The van der Waals surface area contributed by atoms with Crippen LogP contribution in [0.5, 0.6) is 0 Å². The van der Waals surface area contributed by atoms with Gasteiger partial charge in [0.15, 0.2) is 5.16 Å². The molecule has 1 unspecified atom stereocenters. The van der Waals surface area contributed by atoms with Gasteiger partial charge in [0, 0.05) is 17.8 Å². The topological polar surface area (TPSA) is 17.8 Å². The van der Waals surface area contributed by atoms with E-state index in [9.17, 15) is 13.2 Å². The van der Waals surface area contributed by atoms with Gasteiger partial charge < -0.3 is 4.57 Å². The molecular weight excluding hydrogens is 357 g/mol. The van der Waals surface area contributed by atoms with Crippen LogP contribution in [0.4, 0.5) is 13.2 Å². The quantitative estimate of drug-likeness (QED) is 0.571. The maximum atomic E-state index is 12.8. The van der Waals surface area contributed by atoms with E-state index in [-0.39, 0.29) is 5.02 Å². The van der Waals surface area contributed by atoms with E-state index in [2.05, 4.69) is 16.5 Å². The normalized spacial score (nSPS) is 16.4. The van der Waals surface area contributed by atoms with Crippen LogP contribution in [0.1, 0.15) is 37.8 Å². The summed E-state index contributed by atoms with van der Waals surface area (Å²) in [6.07, 6.45) is 2.94. The van der Waals surface area contributed by atoms with Crippen LogP contribution in [0.2, 0.25) is 5.02 Å². The summed E-state index contributed by atoms with van der Waals surface area (Å²) in [7, 11) is 0. The molecule has 0 spiro atoms. The van der Waals surface area contributed by atoms with Gasteiger partial charge in [0.1, 0.15) is 0 Å². The predicted molar refractivity (Wildman–Crippen MR) is 91.5 cm³/mol. The monoisotopic (exact) mass is 374 g/mol. The Kier molecular flexibility index (Phi) is 4.89. The lowest BCUT2D eigenvalue weighted by Gasteiger charge is -2.17. The highest BCUT2D eigenvalue weighted by molar-refractivity contribution is 7.98. The maximum absolute atomic E-state index is 12.8. The summed E-state index contributed by atoms with van der Waals surface area (Å²) >= 11 is 7.65. The first kappa shape index (κ1) is 17.7. The Labute approximate surface area is 148 Å². The van der Waals surface area contributed by atoms with Crippen LogP contribution in [-0.2, 0) is 6.18 Å². The van der Waals surface area contributed by atoms with Crippen LogP contribution >= 0.6 is 23.4 Å². The van der Waals surface area contributed by atoms with Crippen molar-refractivity contribution in [1.29, 1.82) is 0 Å². The van der Waals surface area contributed by atoms with Crippen LogP contribution in [0.25, 0.3) is 11.3 Å². The molecule has 2 aromatic rings. The fourth-order valence-corrected chi connectivity index (χ4v) is 3.90. The van der Waals surface area contributed by atoms with Crippen LogP contribution in [0.15, 0.2) is 29.6 Å². The third kappa shape index (κ3) is 3.45. The van der Waals surface area contributed by atoms with Gasteiger partial charge in [0.2, 0.25) is 0 Å². The smallest absolute Gasteiger partial charge is 0.322 e. The number of hydrogen-bond acceptors (Lipinski definition) is 2. The zero-order valence-corrected chi connectivity index (χ0v) is 15.0. The van der Waals surface area contributed by atoms with Crippen molar-refractivity contribution < 1.29 is 13.2 Å². The predicted octanol–water partition coefficient (Wildman–Crippen LogP) is 6.31. The molecule has 1 aliphatic carbocycles. The van der Waals surface area contributed by atoms with E-state index < -0.39 is 11.7 Å². The first-order chi connectivity index (χ1) is 11.3. The molecule has 24 heavy (non-hydrogen) atoms. The zero-order chi connectivity index (χ0) is 17.5. The minimum absolute atomic E-state index is 0.0709. The molecule has 1 atom stereocenters.